The summed E-state index contributed by atoms with van der Waals surface area (Å²) in [7, 11) is 1.91. The Morgan fingerprint density at radius 1 is 1.11 bits per heavy atom. The van der Waals surface area contributed by atoms with E-state index in [9.17, 15) is 17.6 Å². The number of fused-ring (bicyclic) bond motifs is 1. The Bertz CT molecular complexity index is 904. The monoisotopic (exact) mass is 380 g/mol. The molecule has 3 rings (SSSR count). The van der Waals surface area contributed by atoms with E-state index in [4.69, 9.17) is 4.74 Å². The minimum absolute atomic E-state index is 0.192. The lowest BCUT2D eigenvalue weighted by Crippen LogP contribution is -2.21. The lowest BCUT2D eigenvalue weighted by atomic mass is 10.1. The third-order valence-electron chi connectivity index (χ3n) is 4.25. The van der Waals surface area contributed by atoms with E-state index in [0.717, 1.165) is 16.6 Å². The molecule has 0 atom stereocenters. The number of nitrogens with zero attached hydrogens (tertiary/aromatic N) is 1. The molecular formula is C20H20F4N2O. The summed E-state index contributed by atoms with van der Waals surface area (Å²) >= 11 is 0. The van der Waals surface area contributed by atoms with E-state index in [-0.39, 0.29) is 11.6 Å². The third-order valence-corrected chi connectivity index (χ3v) is 4.25. The summed E-state index contributed by atoms with van der Waals surface area (Å²) < 4.78 is 55.6. The van der Waals surface area contributed by atoms with Gasteiger partial charge in [0.1, 0.15) is 11.6 Å². The zero-order valence-corrected chi connectivity index (χ0v) is 14.8. The molecule has 1 aromatic heterocycles. The highest BCUT2D eigenvalue weighted by atomic mass is 19.4. The molecule has 0 unspecified atom stereocenters. The minimum Gasteiger partial charge on any atom is -0.484 e. The molecule has 0 aliphatic heterocycles. The summed E-state index contributed by atoms with van der Waals surface area (Å²) in [4.78, 5) is 5.10. The average molecular weight is 380 g/mol. The van der Waals surface area contributed by atoms with E-state index in [1.54, 1.807) is 18.2 Å². The van der Waals surface area contributed by atoms with Gasteiger partial charge in [-0.05, 0) is 48.9 Å². The van der Waals surface area contributed by atoms with E-state index in [2.05, 4.69) is 4.98 Å². The molecule has 0 saturated carbocycles. The van der Waals surface area contributed by atoms with Crippen molar-refractivity contribution in [3.8, 4) is 5.75 Å². The van der Waals surface area contributed by atoms with Crippen LogP contribution in [0.5, 0.6) is 5.75 Å². The molecule has 0 spiro atoms. The zero-order chi connectivity index (χ0) is 19.4. The van der Waals surface area contributed by atoms with E-state index in [1.807, 2.05) is 30.3 Å². The van der Waals surface area contributed by atoms with Gasteiger partial charge in [-0.15, -0.1) is 0 Å². The number of aromatic amines is 1. The van der Waals surface area contributed by atoms with Gasteiger partial charge in [0.25, 0.3) is 0 Å². The molecule has 3 nitrogen and oxygen atoms in total. The van der Waals surface area contributed by atoms with Gasteiger partial charge >= 0.3 is 6.18 Å². The Hall–Kier alpha value is -2.54. The maximum atomic E-state index is 14.0. The predicted octanol–water partition coefficient (Wildman–Crippen LogP) is 4.92. The maximum absolute atomic E-state index is 14.0. The van der Waals surface area contributed by atoms with Gasteiger partial charge in [-0.2, -0.15) is 13.2 Å². The van der Waals surface area contributed by atoms with Crippen LogP contribution >= 0.6 is 0 Å². The van der Waals surface area contributed by atoms with Gasteiger partial charge in [-0.25, -0.2) is 4.39 Å². The van der Waals surface area contributed by atoms with Crippen LogP contribution in [0.15, 0.2) is 48.7 Å². The van der Waals surface area contributed by atoms with Crippen LogP contribution in [0.1, 0.15) is 11.1 Å². The Morgan fingerprint density at radius 2 is 1.89 bits per heavy atom. The molecule has 0 saturated heterocycles. The van der Waals surface area contributed by atoms with Gasteiger partial charge in [-0.1, -0.05) is 18.2 Å². The second-order valence-electron chi connectivity index (χ2n) is 6.52. The van der Waals surface area contributed by atoms with Crippen LogP contribution in [-0.2, 0) is 13.0 Å². The fourth-order valence-corrected chi connectivity index (χ4v) is 3.01. The molecule has 1 N–H and O–H groups in total. The molecule has 0 amide bonds. The van der Waals surface area contributed by atoms with Crippen LogP contribution in [0, 0.1) is 5.82 Å². The lowest BCUT2D eigenvalue weighted by molar-refractivity contribution is -0.153. The highest BCUT2D eigenvalue weighted by Gasteiger charge is 2.28. The first-order valence-electron chi connectivity index (χ1n) is 8.53. The first-order chi connectivity index (χ1) is 12.8. The lowest BCUT2D eigenvalue weighted by Gasteiger charge is -2.17. The van der Waals surface area contributed by atoms with Crippen LogP contribution in [0.25, 0.3) is 10.9 Å². The van der Waals surface area contributed by atoms with Gasteiger partial charge in [0, 0.05) is 30.2 Å². The summed E-state index contributed by atoms with van der Waals surface area (Å²) in [5, 5.41) is 0.605. The number of benzene rings is 2. The molecule has 7 heteroatoms. The maximum Gasteiger partial charge on any atom is 0.422 e. The number of aromatic nitrogens is 1. The smallest absolute Gasteiger partial charge is 0.422 e. The summed E-state index contributed by atoms with van der Waals surface area (Å²) in [6, 6.07) is 11.6. The summed E-state index contributed by atoms with van der Waals surface area (Å²) in [5.41, 5.74) is 2.52. The molecular weight excluding hydrogens is 360 g/mol. The van der Waals surface area contributed by atoms with Crippen molar-refractivity contribution in [3.05, 3.63) is 65.6 Å². The minimum atomic E-state index is -4.36. The predicted molar refractivity (Wildman–Crippen MR) is 96.3 cm³/mol. The molecule has 27 heavy (non-hydrogen) atoms. The number of alkyl halides is 3. The first kappa shape index (κ1) is 19.2. The molecule has 1 heterocycles. The normalized spacial score (nSPS) is 12.1. The number of rotatable bonds is 7. The molecule has 0 aliphatic carbocycles. The highest BCUT2D eigenvalue weighted by Crippen LogP contribution is 2.23. The van der Waals surface area contributed by atoms with Gasteiger partial charge in [0.05, 0.1) is 0 Å². The van der Waals surface area contributed by atoms with E-state index in [1.165, 1.54) is 12.1 Å². The molecule has 0 aliphatic rings. The number of H-pyrrole nitrogens is 1. The van der Waals surface area contributed by atoms with Gasteiger partial charge in [0.15, 0.2) is 6.61 Å². The molecule has 0 radical (unpaired) electrons. The van der Waals surface area contributed by atoms with Crippen molar-refractivity contribution in [3.63, 3.8) is 0 Å². The van der Waals surface area contributed by atoms with Crippen LogP contribution in [0.3, 0.4) is 0 Å². The fourth-order valence-electron chi connectivity index (χ4n) is 3.01. The van der Waals surface area contributed by atoms with Crippen molar-refractivity contribution in [2.45, 2.75) is 19.1 Å². The summed E-state index contributed by atoms with van der Waals surface area (Å²) in [5.74, 6) is -0.0576. The number of halogens is 4. The van der Waals surface area contributed by atoms with E-state index in [0.29, 0.717) is 24.9 Å². The number of likely N-dealkylation sites (N-methyl/N-ethyl adjacent to an activating group) is 1. The SMILES string of the molecule is CN(CCc1c[nH]c2cccc(F)c12)Cc1cccc(OCC(F)(F)F)c1. The standard InChI is InChI=1S/C20H20F4N2O/c1-26(9-8-15-11-25-18-7-3-6-17(21)19(15)18)12-14-4-2-5-16(10-14)27-13-20(22,23)24/h2-7,10-11,25H,8-9,12-13H2,1H3. The summed E-state index contributed by atoms with van der Waals surface area (Å²) in [6.45, 7) is -0.0819. The highest BCUT2D eigenvalue weighted by molar-refractivity contribution is 5.83. The molecule has 2 aromatic carbocycles. The number of hydrogen-bond acceptors (Lipinski definition) is 2. The van der Waals surface area contributed by atoms with Crippen LogP contribution < -0.4 is 4.74 Å². The van der Waals surface area contributed by atoms with Crippen molar-refractivity contribution < 1.29 is 22.3 Å². The molecule has 0 bridgehead atoms. The molecule has 0 fully saturated rings. The quantitative estimate of drug-likeness (QED) is 0.589. The zero-order valence-electron chi connectivity index (χ0n) is 14.8. The van der Waals surface area contributed by atoms with Crippen LogP contribution in [0.4, 0.5) is 17.6 Å². The van der Waals surface area contributed by atoms with Gasteiger partial charge in [0.2, 0.25) is 0 Å². The first-order valence-corrected chi connectivity index (χ1v) is 8.53. The molecule has 3 aromatic rings. The topological polar surface area (TPSA) is 28.3 Å². The van der Waals surface area contributed by atoms with Crippen molar-refractivity contribution in [1.29, 1.82) is 0 Å². The number of hydrogen-bond donors (Lipinski definition) is 1. The molecule has 144 valence electrons. The third kappa shape index (κ3) is 5.23. The van der Waals surface area contributed by atoms with E-state index >= 15 is 0 Å². The largest absolute Gasteiger partial charge is 0.484 e. The fraction of sp³-hybridized carbons (Fsp3) is 0.300. The Labute approximate surface area is 154 Å². The van der Waals surface area contributed by atoms with Crippen LogP contribution in [0.2, 0.25) is 0 Å². The van der Waals surface area contributed by atoms with Crippen molar-refractivity contribution in [2.75, 3.05) is 20.2 Å². The summed E-state index contributed by atoms with van der Waals surface area (Å²) in [6.07, 6.45) is -1.89. The Morgan fingerprint density at radius 3 is 2.67 bits per heavy atom. The average Bonchev–Trinajstić information content (AvgIpc) is 3.03. The van der Waals surface area contributed by atoms with E-state index < -0.39 is 12.8 Å². The van der Waals surface area contributed by atoms with Crippen molar-refractivity contribution in [2.24, 2.45) is 0 Å². The Kier molecular flexibility index (Phi) is 5.70. The number of nitrogens with one attached hydrogen (secondary N) is 1. The second-order valence-corrected chi connectivity index (χ2v) is 6.52. The van der Waals surface area contributed by atoms with Gasteiger partial charge in [-0.3, -0.25) is 0 Å². The Balaban J connectivity index is 1.58. The van der Waals surface area contributed by atoms with Gasteiger partial charge < -0.3 is 14.6 Å². The number of ether oxygens (including phenoxy) is 1. The van der Waals surface area contributed by atoms with Crippen molar-refractivity contribution in [1.82, 2.24) is 9.88 Å². The van der Waals surface area contributed by atoms with Crippen LogP contribution in [-0.4, -0.2) is 36.3 Å². The second kappa shape index (κ2) is 8.00. The van der Waals surface area contributed by atoms with Crippen molar-refractivity contribution >= 4 is 10.9 Å².